The predicted octanol–water partition coefficient (Wildman–Crippen LogP) is 2.87. The van der Waals surface area contributed by atoms with Crippen LogP contribution in [0.1, 0.15) is 45.4 Å². The smallest absolute Gasteiger partial charge is 0.135 e. The molecule has 0 aromatic carbocycles. The fraction of sp³-hybridized carbons (Fsp3) is 0.733. The second-order valence-corrected chi connectivity index (χ2v) is 5.62. The van der Waals surface area contributed by atoms with Crippen LogP contribution in [-0.4, -0.2) is 36.3 Å². The summed E-state index contributed by atoms with van der Waals surface area (Å²) in [5.74, 6) is 3.73. The van der Waals surface area contributed by atoms with Crippen molar-refractivity contribution < 1.29 is 4.74 Å². The summed E-state index contributed by atoms with van der Waals surface area (Å²) < 4.78 is 5.39. The number of rotatable bonds is 6. The van der Waals surface area contributed by atoms with Crippen LogP contribution in [0.25, 0.3) is 0 Å². The Hall–Kier alpha value is -1.36. The Morgan fingerprint density at radius 3 is 2.45 bits per heavy atom. The Labute approximate surface area is 121 Å². The minimum atomic E-state index is 0.331. The van der Waals surface area contributed by atoms with Crippen LogP contribution in [0.2, 0.25) is 0 Å². The Kier molecular flexibility index (Phi) is 5.59. The van der Waals surface area contributed by atoms with Crippen LogP contribution in [0.3, 0.4) is 0 Å². The van der Waals surface area contributed by atoms with E-state index in [1.165, 1.54) is 0 Å². The molecule has 112 valence electrons. The number of nitrogens with zero attached hydrogens (tertiary/aromatic N) is 2. The lowest BCUT2D eigenvalue weighted by Gasteiger charge is -2.22. The number of anilines is 2. The number of hydrogen-bond acceptors (Lipinski definition) is 5. The van der Waals surface area contributed by atoms with Crippen LogP contribution in [0.5, 0.6) is 0 Å². The molecule has 1 aromatic heterocycles. The average Bonchev–Trinajstić information content (AvgIpc) is 2.46. The van der Waals surface area contributed by atoms with Gasteiger partial charge in [-0.25, -0.2) is 9.97 Å². The molecule has 0 aliphatic carbocycles. The van der Waals surface area contributed by atoms with Gasteiger partial charge in [0.1, 0.15) is 17.5 Å². The summed E-state index contributed by atoms with van der Waals surface area (Å²) >= 11 is 0. The highest BCUT2D eigenvalue weighted by Gasteiger charge is 2.14. The standard InChI is InChI=1S/C15H26N4O/c1-4-16-13-9-14(19-15(18-13)11(2)3)17-10-12-5-7-20-8-6-12/h9,11-12H,4-8,10H2,1-3H3,(H2,16,17,18,19). The molecule has 2 N–H and O–H groups in total. The van der Waals surface area contributed by atoms with Gasteiger partial charge in [-0.2, -0.15) is 0 Å². The molecule has 5 heteroatoms. The molecule has 0 saturated carbocycles. The number of nitrogens with one attached hydrogen (secondary N) is 2. The topological polar surface area (TPSA) is 59.1 Å². The largest absolute Gasteiger partial charge is 0.381 e. The second-order valence-electron chi connectivity index (χ2n) is 5.62. The van der Waals surface area contributed by atoms with Crippen molar-refractivity contribution in [3.8, 4) is 0 Å². The van der Waals surface area contributed by atoms with Crippen molar-refractivity contribution >= 4 is 11.6 Å². The van der Waals surface area contributed by atoms with E-state index in [1.807, 2.05) is 6.07 Å². The first kappa shape index (κ1) is 15.0. The first-order valence-corrected chi connectivity index (χ1v) is 7.63. The lowest BCUT2D eigenvalue weighted by atomic mass is 10.0. The van der Waals surface area contributed by atoms with E-state index in [2.05, 4.69) is 41.4 Å². The predicted molar refractivity (Wildman–Crippen MR) is 82.3 cm³/mol. The lowest BCUT2D eigenvalue weighted by Crippen LogP contribution is -2.23. The van der Waals surface area contributed by atoms with Crippen molar-refractivity contribution in [2.75, 3.05) is 36.9 Å². The molecule has 5 nitrogen and oxygen atoms in total. The first-order chi connectivity index (χ1) is 9.69. The van der Waals surface area contributed by atoms with E-state index in [1.54, 1.807) is 0 Å². The quantitative estimate of drug-likeness (QED) is 0.838. The normalized spacial score (nSPS) is 16.4. The van der Waals surface area contributed by atoms with Crippen molar-refractivity contribution in [2.24, 2.45) is 5.92 Å². The summed E-state index contributed by atoms with van der Waals surface area (Å²) in [5.41, 5.74) is 0. The summed E-state index contributed by atoms with van der Waals surface area (Å²) in [6.07, 6.45) is 2.27. The molecule has 0 bridgehead atoms. The Bertz CT molecular complexity index is 416. The van der Waals surface area contributed by atoms with E-state index in [0.717, 1.165) is 56.6 Å². The molecule has 0 amide bonds. The molecule has 1 saturated heterocycles. The van der Waals surface area contributed by atoms with E-state index in [9.17, 15) is 0 Å². The van der Waals surface area contributed by atoms with Gasteiger partial charge >= 0.3 is 0 Å². The molecule has 20 heavy (non-hydrogen) atoms. The van der Waals surface area contributed by atoms with Crippen LogP contribution in [0.15, 0.2) is 6.07 Å². The number of hydrogen-bond donors (Lipinski definition) is 2. The molecule has 0 radical (unpaired) electrons. The van der Waals surface area contributed by atoms with Crippen molar-refractivity contribution in [3.63, 3.8) is 0 Å². The SMILES string of the molecule is CCNc1cc(NCC2CCOCC2)nc(C(C)C)n1. The maximum absolute atomic E-state index is 5.39. The van der Waals surface area contributed by atoms with E-state index in [0.29, 0.717) is 11.8 Å². The van der Waals surface area contributed by atoms with Crippen molar-refractivity contribution in [3.05, 3.63) is 11.9 Å². The first-order valence-electron chi connectivity index (χ1n) is 7.63. The maximum Gasteiger partial charge on any atom is 0.135 e. The third-order valence-electron chi connectivity index (χ3n) is 3.53. The fourth-order valence-electron chi connectivity index (χ4n) is 2.29. The summed E-state index contributed by atoms with van der Waals surface area (Å²) in [6, 6.07) is 1.99. The zero-order valence-electron chi connectivity index (χ0n) is 12.8. The summed E-state index contributed by atoms with van der Waals surface area (Å²) in [5, 5.41) is 6.73. The third-order valence-corrected chi connectivity index (χ3v) is 3.53. The van der Waals surface area contributed by atoms with E-state index in [-0.39, 0.29) is 0 Å². The highest BCUT2D eigenvalue weighted by Crippen LogP contribution is 2.19. The van der Waals surface area contributed by atoms with Gasteiger partial charge in [0, 0.05) is 38.3 Å². The molecule has 1 aromatic rings. The van der Waals surface area contributed by atoms with Gasteiger partial charge < -0.3 is 15.4 Å². The van der Waals surface area contributed by atoms with Gasteiger partial charge in [-0.3, -0.25) is 0 Å². The zero-order valence-corrected chi connectivity index (χ0v) is 12.8. The molecule has 0 unspecified atom stereocenters. The highest BCUT2D eigenvalue weighted by atomic mass is 16.5. The summed E-state index contributed by atoms with van der Waals surface area (Å²) in [6.45, 7) is 9.91. The summed E-state index contributed by atoms with van der Waals surface area (Å²) in [7, 11) is 0. The molecular weight excluding hydrogens is 252 g/mol. The molecular formula is C15H26N4O. The minimum absolute atomic E-state index is 0.331. The van der Waals surface area contributed by atoms with Crippen molar-refractivity contribution in [1.82, 2.24) is 9.97 Å². The van der Waals surface area contributed by atoms with Crippen LogP contribution >= 0.6 is 0 Å². The molecule has 1 fully saturated rings. The van der Waals surface area contributed by atoms with Gasteiger partial charge in [-0.15, -0.1) is 0 Å². The minimum Gasteiger partial charge on any atom is -0.381 e. The van der Waals surface area contributed by atoms with Gasteiger partial charge in [0.05, 0.1) is 0 Å². The van der Waals surface area contributed by atoms with Gasteiger partial charge in [0.25, 0.3) is 0 Å². The maximum atomic E-state index is 5.39. The van der Waals surface area contributed by atoms with Crippen LogP contribution < -0.4 is 10.6 Å². The molecule has 1 aliphatic heterocycles. The van der Waals surface area contributed by atoms with Gasteiger partial charge in [-0.05, 0) is 25.7 Å². The van der Waals surface area contributed by atoms with E-state index >= 15 is 0 Å². The van der Waals surface area contributed by atoms with Crippen LogP contribution in [0.4, 0.5) is 11.6 Å². The Morgan fingerprint density at radius 2 is 1.85 bits per heavy atom. The van der Waals surface area contributed by atoms with Crippen LogP contribution in [0, 0.1) is 5.92 Å². The fourth-order valence-corrected chi connectivity index (χ4v) is 2.29. The van der Waals surface area contributed by atoms with E-state index in [4.69, 9.17) is 4.74 Å². The average molecular weight is 278 g/mol. The van der Waals surface area contributed by atoms with Crippen molar-refractivity contribution in [2.45, 2.75) is 39.5 Å². The highest BCUT2D eigenvalue weighted by molar-refractivity contribution is 5.47. The van der Waals surface area contributed by atoms with Crippen molar-refractivity contribution in [1.29, 1.82) is 0 Å². The van der Waals surface area contributed by atoms with Crippen LogP contribution in [-0.2, 0) is 4.74 Å². The molecule has 0 spiro atoms. The molecule has 2 rings (SSSR count). The summed E-state index contributed by atoms with van der Waals surface area (Å²) in [4.78, 5) is 9.14. The second kappa shape index (κ2) is 7.43. The van der Waals surface area contributed by atoms with Gasteiger partial charge in [-0.1, -0.05) is 13.8 Å². The Balaban J connectivity index is 2.01. The zero-order chi connectivity index (χ0) is 14.4. The number of ether oxygens (including phenoxy) is 1. The third kappa shape index (κ3) is 4.34. The monoisotopic (exact) mass is 278 g/mol. The molecule has 0 atom stereocenters. The molecule has 2 heterocycles. The lowest BCUT2D eigenvalue weighted by molar-refractivity contribution is 0.0699. The van der Waals surface area contributed by atoms with E-state index < -0.39 is 0 Å². The Morgan fingerprint density at radius 1 is 1.20 bits per heavy atom. The molecule has 1 aliphatic rings. The number of aromatic nitrogens is 2. The van der Waals surface area contributed by atoms with Gasteiger partial charge in [0.15, 0.2) is 0 Å². The van der Waals surface area contributed by atoms with Gasteiger partial charge in [0.2, 0.25) is 0 Å².